The highest BCUT2D eigenvalue weighted by atomic mass is 35.5. The van der Waals surface area contributed by atoms with Crippen LogP contribution in [0.2, 0.25) is 10.0 Å². The van der Waals surface area contributed by atoms with Gasteiger partial charge >= 0.3 is 0 Å². The highest BCUT2D eigenvalue weighted by Crippen LogP contribution is 2.34. The van der Waals surface area contributed by atoms with Crippen LogP contribution in [0.25, 0.3) is 0 Å². The van der Waals surface area contributed by atoms with E-state index < -0.39 is 0 Å². The molecule has 0 radical (unpaired) electrons. The number of aryl methyl sites for hydroxylation is 1. The Kier molecular flexibility index (Phi) is 5.26. The lowest BCUT2D eigenvalue weighted by Gasteiger charge is -2.14. The monoisotopic (exact) mass is 373 g/mol. The summed E-state index contributed by atoms with van der Waals surface area (Å²) in [6.45, 7) is 2.11. The molecule has 3 aromatic rings. The first-order valence-electron chi connectivity index (χ1n) is 7.76. The minimum Gasteiger partial charge on any atom is -0.393 e. The maximum Gasteiger partial charge on any atom is 0.159 e. The van der Waals surface area contributed by atoms with Gasteiger partial charge in [0.05, 0.1) is 15.7 Å². The van der Waals surface area contributed by atoms with E-state index in [1.165, 1.54) is 11.9 Å². The van der Waals surface area contributed by atoms with Crippen LogP contribution in [0.3, 0.4) is 0 Å². The standard InChI is InChI=1S/C18H17Cl2N5/c1-2-11-6-8-12(9-7-11)24-17-16(21)18(23-10-22-17)25-14-5-3-4-13(19)15(14)20/h3-10H,2,21H2,1H3,(H2,22,23,24,25). The molecule has 0 aliphatic heterocycles. The van der Waals surface area contributed by atoms with Crippen LogP contribution in [0, 0.1) is 0 Å². The number of rotatable bonds is 5. The fraction of sp³-hybridized carbons (Fsp3) is 0.111. The second-order valence-corrected chi connectivity index (χ2v) is 6.17. The maximum atomic E-state index is 6.20. The van der Waals surface area contributed by atoms with Crippen LogP contribution in [-0.2, 0) is 6.42 Å². The summed E-state index contributed by atoms with van der Waals surface area (Å²) in [6.07, 6.45) is 2.42. The molecule has 0 amide bonds. The molecule has 0 bridgehead atoms. The normalized spacial score (nSPS) is 10.5. The van der Waals surface area contributed by atoms with Crippen LogP contribution in [0.15, 0.2) is 48.8 Å². The summed E-state index contributed by atoms with van der Waals surface area (Å²) in [7, 11) is 0. The quantitative estimate of drug-likeness (QED) is 0.556. The Bertz CT molecular complexity index is 881. The molecule has 0 fully saturated rings. The molecule has 0 aliphatic rings. The van der Waals surface area contributed by atoms with Gasteiger partial charge in [0.25, 0.3) is 0 Å². The molecule has 0 aliphatic carbocycles. The zero-order valence-corrected chi connectivity index (χ0v) is 15.1. The summed E-state index contributed by atoms with van der Waals surface area (Å²) in [6, 6.07) is 13.4. The van der Waals surface area contributed by atoms with E-state index in [2.05, 4.69) is 39.7 Å². The van der Waals surface area contributed by atoms with Gasteiger partial charge in [0.1, 0.15) is 12.0 Å². The van der Waals surface area contributed by atoms with E-state index in [9.17, 15) is 0 Å². The van der Waals surface area contributed by atoms with Crippen LogP contribution in [0.4, 0.5) is 28.7 Å². The third-order valence-electron chi connectivity index (χ3n) is 3.71. The van der Waals surface area contributed by atoms with Crippen molar-refractivity contribution in [3.8, 4) is 0 Å². The summed E-state index contributed by atoms with van der Waals surface area (Å²) < 4.78 is 0. The summed E-state index contributed by atoms with van der Waals surface area (Å²) in [4.78, 5) is 8.40. The SMILES string of the molecule is CCc1ccc(Nc2ncnc(Nc3cccc(Cl)c3Cl)c2N)cc1. The Morgan fingerprint density at radius 3 is 2.32 bits per heavy atom. The van der Waals surface area contributed by atoms with Gasteiger partial charge in [-0.15, -0.1) is 0 Å². The van der Waals surface area contributed by atoms with Gasteiger partial charge in [-0.05, 0) is 36.2 Å². The van der Waals surface area contributed by atoms with E-state index in [0.29, 0.717) is 33.1 Å². The zero-order chi connectivity index (χ0) is 17.8. The van der Waals surface area contributed by atoms with Gasteiger partial charge in [-0.25, -0.2) is 9.97 Å². The number of nitrogens with one attached hydrogen (secondary N) is 2. The first kappa shape index (κ1) is 17.3. The molecule has 0 saturated heterocycles. The number of nitrogens with two attached hydrogens (primary N) is 1. The van der Waals surface area contributed by atoms with Gasteiger partial charge in [0.15, 0.2) is 11.6 Å². The van der Waals surface area contributed by atoms with Crippen molar-refractivity contribution in [2.24, 2.45) is 0 Å². The number of halogens is 2. The van der Waals surface area contributed by atoms with Crippen molar-refractivity contribution in [3.05, 3.63) is 64.4 Å². The molecule has 1 heterocycles. The molecule has 5 nitrogen and oxygen atoms in total. The van der Waals surface area contributed by atoms with E-state index in [-0.39, 0.29) is 0 Å². The molecule has 4 N–H and O–H groups in total. The lowest BCUT2D eigenvalue weighted by atomic mass is 10.1. The highest BCUT2D eigenvalue weighted by Gasteiger charge is 2.11. The first-order valence-corrected chi connectivity index (χ1v) is 8.51. The summed E-state index contributed by atoms with van der Waals surface area (Å²) in [5.41, 5.74) is 9.37. The van der Waals surface area contributed by atoms with Crippen molar-refractivity contribution in [1.29, 1.82) is 0 Å². The fourth-order valence-electron chi connectivity index (χ4n) is 2.28. The molecule has 0 unspecified atom stereocenters. The molecule has 3 rings (SSSR count). The smallest absolute Gasteiger partial charge is 0.159 e. The molecule has 0 saturated carbocycles. The molecule has 2 aromatic carbocycles. The summed E-state index contributed by atoms with van der Waals surface area (Å²) >= 11 is 12.2. The van der Waals surface area contributed by atoms with Gasteiger partial charge in [0, 0.05) is 5.69 Å². The number of hydrogen-bond donors (Lipinski definition) is 3. The molecule has 7 heteroatoms. The second-order valence-electron chi connectivity index (χ2n) is 5.39. The Labute approximate surface area is 156 Å². The molecule has 128 valence electrons. The van der Waals surface area contributed by atoms with Crippen molar-refractivity contribution in [2.45, 2.75) is 13.3 Å². The fourth-order valence-corrected chi connectivity index (χ4v) is 2.63. The van der Waals surface area contributed by atoms with E-state index >= 15 is 0 Å². The minimum absolute atomic E-state index is 0.387. The second kappa shape index (κ2) is 7.59. The van der Waals surface area contributed by atoms with E-state index in [1.54, 1.807) is 18.2 Å². The van der Waals surface area contributed by atoms with Crippen molar-refractivity contribution < 1.29 is 0 Å². The highest BCUT2D eigenvalue weighted by molar-refractivity contribution is 6.43. The van der Waals surface area contributed by atoms with Gasteiger partial charge < -0.3 is 16.4 Å². The summed E-state index contributed by atoms with van der Waals surface area (Å²) in [5.74, 6) is 0.965. The van der Waals surface area contributed by atoms with Crippen LogP contribution >= 0.6 is 23.2 Å². The topological polar surface area (TPSA) is 75.9 Å². The largest absolute Gasteiger partial charge is 0.393 e. The van der Waals surface area contributed by atoms with Gasteiger partial charge in [0.2, 0.25) is 0 Å². The average Bonchev–Trinajstić information content (AvgIpc) is 2.63. The van der Waals surface area contributed by atoms with Gasteiger partial charge in [-0.1, -0.05) is 48.3 Å². The number of aromatic nitrogens is 2. The summed E-state index contributed by atoms with van der Waals surface area (Å²) in [5, 5.41) is 7.16. The Balaban J connectivity index is 1.85. The van der Waals surface area contributed by atoms with Crippen molar-refractivity contribution in [3.63, 3.8) is 0 Å². The van der Waals surface area contributed by atoms with Crippen molar-refractivity contribution in [1.82, 2.24) is 9.97 Å². The number of hydrogen-bond acceptors (Lipinski definition) is 5. The number of benzene rings is 2. The van der Waals surface area contributed by atoms with E-state index in [4.69, 9.17) is 28.9 Å². The predicted octanol–water partition coefficient (Wildman–Crippen LogP) is 5.42. The van der Waals surface area contributed by atoms with Crippen LogP contribution in [0.1, 0.15) is 12.5 Å². The zero-order valence-electron chi connectivity index (χ0n) is 13.6. The average molecular weight is 374 g/mol. The number of nitrogen functional groups attached to an aromatic ring is 1. The van der Waals surface area contributed by atoms with Crippen LogP contribution < -0.4 is 16.4 Å². The Hall–Kier alpha value is -2.50. The van der Waals surface area contributed by atoms with E-state index in [1.807, 2.05) is 12.1 Å². The van der Waals surface area contributed by atoms with Gasteiger partial charge in [-0.3, -0.25) is 0 Å². The molecule has 25 heavy (non-hydrogen) atoms. The first-order chi connectivity index (χ1) is 12.1. The van der Waals surface area contributed by atoms with Crippen molar-refractivity contribution >= 4 is 51.9 Å². The Morgan fingerprint density at radius 1 is 0.960 bits per heavy atom. The molecule has 1 aromatic heterocycles. The third kappa shape index (κ3) is 3.95. The number of anilines is 5. The predicted molar refractivity (Wildman–Crippen MR) is 105 cm³/mol. The molecule has 0 atom stereocenters. The molecular weight excluding hydrogens is 357 g/mol. The lowest BCUT2D eigenvalue weighted by Crippen LogP contribution is -2.05. The van der Waals surface area contributed by atoms with Gasteiger partial charge in [-0.2, -0.15) is 0 Å². The third-order valence-corrected chi connectivity index (χ3v) is 4.53. The minimum atomic E-state index is 0.387. The van der Waals surface area contributed by atoms with Crippen molar-refractivity contribution in [2.75, 3.05) is 16.4 Å². The lowest BCUT2D eigenvalue weighted by molar-refractivity contribution is 1.14. The maximum absolute atomic E-state index is 6.20. The Morgan fingerprint density at radius 2 is 1.64 bits per heavy atom. The molecular formula is C18H17Cl2N5. The number of nitrogens with zero attached hydrogens (tertiary/aromatic N) is 2. The van der Waals surface area contributed by atoms with Crippen LogP contribution in [0.5, 0.6) is 0 Å². The molecule has 0 spiro atoms. The van der Waals surface area contributed by atoms with Crippen LogP contribution in [-0.4, -0.2) is 9.97 Å². The van der Waals surface area contributed by atoms with E-state index in [0.717, 1.165) is 12.1 Å².